The molecule has 0 aliphatic heterocycles. The summed E-state index contributed by atoms with van der Waals surface area (Å²) >= 11 is 0. The van der Waals surface area contributed by atoms with E-state index in [-0.39, 0.29) is 18.2 Å². The van der Waals surface area contributed by atoms with Crippen LogP contribution in [0, 0.1) is 10.1 Å². The number of methoxy groups -OCH3 is 1. The maximum absolute atomic E-state index is 10.9. The molecule has 0 saturated carbocycles. The molecule has 0 atom stereocenters. The second-order valence-corrected chi connectivity index (χ2v) is 4.19. The molecule has 0 radical (unpaired) electrons. The Morgan fingerprint density at radius 3 is 2.71 bits per heavy atom. The van der Waals surface area contributed by atoms with E-state index in [1.165, 1.54) is 12.1 Å². The molecule has 0 fully saturated rings. The first-order chi connectivity index (χ1) is 10.2. The van der Waals surface area contributed by atoms with Crippen molar-refractivity contribution in [2.75, 3.05) is 45.4 Å². The summed E-state index contributed by atoms with van der Waals surface area (Å²) in [5.74, 6) is 0.638. The molecule has 0 aliphatic rings. The van der Waals surface area contributed by atoms with Crippen molar-refractivity contribution in [1.29, 1.82) is 0 Å². The third-order valence-electron chi connectivity index (χ3n) is 2.46. The van der Waals surface area contributed by atoms with Crippen LogP contribution >= 0.6 is 0 Å². The maximum atomic E-state index is 10.9. The molecule has 1 aromatic rings. The molecule has 118 valence electrons. The van der Waals surface area contributed by atoms with Crippen molar-refractivity contribution in [1.82, 2.24) is 4.98 Å². The molecular formula is C13H21N3O5. The fraction of sp³-hybridized carbons (Fsp3) is 0.615. The van der Waals surface area contributed by atoms with Crippen LogP contribution in [0.15, 0.2) is 12.1 Å². The summed E-state index contributed by atoms with van der Waals surface area (Å²) in [5, 5.41) is 13.9. The summed E-state index contributed by atoms with van der Waals surface area (Å²) in [6.45, 7) is 4.31. The van der Waals surface area contributed by atoms with Gasteiger partial charge in [-0.15, -0.1) is 0 Å². The molecule has 0 spiro atoms. The fourth-order valence-corrected chi connectivity index (χ4v) is 1.46. The Kier molecular flexibility index (Phi) is 8.07. The molecule has 0 amide bonds. The van der Waals surface area contributed by atoms with Gasteiger partial charge < -0.3 is 19.5 Å². The number of nitrogens with one attached hydrogen (secondary N) is 1. The first-order valence-corrected chi connectivity index (χ1v) is 6.77. The Morgan fingerprint density at radius 1 is 1.29 bits per heavy atom. The zero-order valence-electron chi connectivity index (χ0n) is 12.3. The van der Waals surface area contributed by atoms with Crippen molar-refractivity contribution in [2.45, 2.75) is 13.3 Å². The zero-order valence-corrected chi connectivity index (χ0v) is 12.3. The van der Waals surface area contributed by atoms with E-state index in [0.717, 1.165) is 6.42 Å². The largest absolute Gasteiger partial charge is 0.475 e. The van der Waals surface area contributed by atoms with Crippen LogP contribution in [0.3, 0.4) is 0 Å². The van der Waals surface area contributed by atoms with E-state index in [2.05, 4.69) is 10.3 Å². The summed E-state index contributed by atoms with van der Waals surface area (Å²) in [7, 11) is 1.59. The average molecular weight is 299 g/mol. The minimum Gasteiger partial charge on any atom is -0.475 e. The Hall–Kier alpha value is -1.93. The highest BCUT2D eigenvalue weighted by atomic mass is 16.6. The van der Waals surface area contributed by atoms with Gasteiger partial charge in [-0.05, 0) is 6.42 Å². The van der Waals surface area contributed by atoms with Crippen LogP contribution in [0.25, 0.3) is 0 Å². The molecule has 21 heavy (non-hydrogen) atoms. The summed E-state index contributed by atoms with van der Waals surface area (Å²) in [4.78, 5) is 14.6. The number of nitrogens with zero attached hydrogens (tertiary/aromatic N) is 2. The molecule has 8 nitrogen and oxygen atoms in total. The summed E-state index contributed by atoms with van der Waals surface area (Å²) in [5.41, 5.74) is -0.0566. The molecule has 0 bridgehead atoms. The lowest BCUT2D eigenvalue weighted by molar-refractivity contribution is -0.384. The van der Waals surface area contributed by atoms with E-state index >= 15 is 0 Å². The third kappa shape index (κ3) is 6.87. The van der Waals surface area contributed by atoms with E-state index < -0.39 is 4.92 Å². The molecule has 1 N–H and O–H groups in total. The maximum Gasteiger partial charge on any atom is 0.278 e. The van der Waals surface area contributed by atoms with Crippen molar-refractivity contribution in [3.63, 3.8) is 0 Å². The Morgan fingerprint density at radius 2 is 2.05 bits per heavy atom. The number of ether oxygens (including phenoxy) is 3. The second-order valence-electron chi connectivity index (χ2n) is 4.19. The summed E-state index contributed by atoms with van der Waals surface area (Å²) in [6, 6.07) is 2.68. The molecule has 1 heterocycles. The van der Waals surface area contributed by atoms with Crippen molar-refractivity contribution in [3.05, 3.63) is 22.2 Å². The van der Waals surface area contributed by atoms with Crippen LogP contribution in [0.4, 0.5) is 11.5 Å². The number of aromatic nitrogens is 1. The number of pyridine rings is 1. The van der Waals surface area contributed by atoms with Gasteiger partial charge >= 0.3 is 0 Å². The molecule has 0 saturated heterocycles. The van der Waals surface area contributed by atoms with E-state index in [1.54, 1.807) is 7.11 Å². The predicted octanol–water partition coefficient (Wildman–Crippen LogP) is 1.85. The fourth-order valence-electron chi connectivity index (χ4n) is 1.46. The van der Waals surface area contributed by atoms with Crippen LogP contribution in [0.2, 0.25) is 0 Å². The topological polar surface area (TPSA) is 95.8 Å². The smallest absolute Gasteiger partial charge is 0.278 e. The Balaban J connectivity index is 2.54. The molecule has 1 aromatic heterocycles. The van der Waals surface area contributed by atoms with Crippen LogP contribution in [-0.4, -0.2) is 50.0 Å². The van der Waals surface area contributed by atoms with Gasteiger partial charge in [0.05, 0.1) is 36.9 Å². The van der Waals surface area contributed by atoms with Gasteiger partial charge in [0.15, 0.2) is 0 Å². The van der Waals surface area contributed by atoms with Gasteiger partial charge in [-0.3, -0.25) is 10.1 Å². The molecular weight excluding hydrogens is 278 g/mol. The van der Waals surface area contributed by atoms with Crippen LogP contribution in [0.5, 0.6) is 5.88 Å². The van der Waals surface area contributed by atoms with E-state index in [0.29, 0.717) is 32.2 Å². The van der Waals surface area contributed by atoms with Gasteiger partial charge in [-0.1, -0.05) is 6.92 Å². The summed E-state index contributed by atoms with van der Waals surface area (Å²) < 4.78 is 15.5. The molecule has 0 aromatic carbocycles. The van der Waals surface area contributed by atoms with Crippen molar-refractivity contribution < 1.29 is 19.1 Å². The number of hydrogen-bond acceptors (Lipinski definition) is 7. The Bertz CT molecular complexity index is 442. The van der Waals surface area contributed by atoms with Crippen LogP contribution in [0.1, 0.15) is 13.3 Å². The van der Waals surface area contributed by atoms with Crippen LogP contribution < -0.4 is 10.1 Å². The second kappa shape index (κ2) is 9.89. The number of nitro groups is 1. The number of rotatable bonds is 11. The minimum absolute atomic E-state index is 0.0566. The van der Waals surface area contributed by atoms with Crippen LogP contribution in [-0.2, 0) is 9.47 Å². The van der Waals surface area contributed by atoms with Gasteiger partial charge in [0, 0.05) is 13.7 Å². The SMILES string of the molecule is CCCNc1cc([N+](=O)[O-])cc(OCCOCCOC)n1. The minimum atomic E-state index is -0.471. The van der Waals surface area contributed by atoms with Crippen molar-refractivity contribution in [2.24, 2.45) is 0 Å². The lowest BCUT2D eigenvalue weighted by Crippen LogP contribution is -2.11. The Labute approximate surface area is 123 Å². The van der Waals surface area contributed by atoms with Gasteiger partial charge in [-0.25, -0.2) is 0 Å². The zero-order chi connectivity index (χ0) is 15.5. The highest BCUT2D eigenvalue weighted by molar-refractivity contribution is 5.48. The monoisotopic (exact) mass is 299 g/mol. The van der Waals surface area contributed by atoms with E-state index in [9.17, 15) is 10.1 Å². The first-order valence-electron chi connectivity index (χ1n) is 6.77. The lowest BCUT2D eigenvalue weighted by atomic mass is 10.3. The van der Waals surface area contributed by atoms with Gasteiger partial charge in [0.25, 0.3) is 5.69 Å². The van der Waals surface area contributed by atoms with Crippen molar-refractivity contribution in [3.8, 4) is 5.88 Å². The van der Waals surface area contributed by atoms with Crippen molar-refractivity contribution >= 4 is 11.5 Å². The predicted molar refractivity (Wildman–Crippen MR) is 77.9 cm³/mol. The van der Waals surface area contributed by atoms with Gasteiger partial charge in [0.2, 0.25) is 5.88 Å². The quantitative estimate of drug-likeness (QED) is 0.378. The number of hydrogen-bond donors (Lipinski definition) is 1. The number of anilines is 1. The first kappa shape index (κ1) is 17.1. The van der Waals surface area contributed by atoms with E-state index in [4.69, 9.17) is 14.2 Å². The highest BCUT2D eigenvalue weighted by Gasteiger charge is 2.11. The molecule has 0 unspecified atom stereocenters. The molecule has 8 heteroatoms. The van der Waals surface area contributed by atoms with Gasteiger partial charge in [-0.2, -0.15) is 4.98 Å². The average Bonchev–Trinajstić information content (AvgIpc) is 2.48. The van der Waals surface area contributed by atoms with E-state index in [1.807, 2.05) is 6.92 Å². The third-order valence-corrected chi connectivity index (χ3v) is 2.46. The highest BCUT2D eigenvalue weighted by Crippen LogP contribution is 2.22. The normalized spacial score (nSPS) is 10.4. The standard InChI is InChI=1S/C13H21N3O5/c1-3-4-14-12-9-11(16(17)18)10-13(15-12)21-8-7-20-6-5-19-2/h9-10H,3-8H2,1-2H3,(H,14,15). The lowest BCUT2D eigenvalue weighted by Gasteiger charge is -2.09. The molecule has 0 aliphatic carbocycles. The van der Waals surface area contributed by atoms with Gasteiger partial charge in [0.1, 0.15) is 12.4 Å². The summed E-state index contributed by atoms with van der Waals surface area (Å²) in [6.07, 6.45) is 0.897. The molecule has 1 rings (SSSR count).